The van der Waals surface area contributed by atoms with E-state index in [1.54, 1.807) is 0 Å². The highest BCUT2D eigenvalue weighted by Crippen LogP contribution is 2.36. The monoisotopic (exact) mass is 289 g/mol. The Morgan fingerprint density at radius 1 is 1.45 bits per heavy atom. The summed E-state index contributed by atoms with van der Waals surface area (Å²) < 4.78 is 0. The summed E-state index contributed by atoms with van der Waals surface area (Å²) in [5.41, 5.74) is 0.552. The van der Waals surface area contributed by atoms with Gasteiger partial charge in [0.1, 0.15) is 22.4 Å². The van der Waals surface area contributed by atoms with Crippen molar-refractivity contribution in [3.05, 3.63) is 45.7 Å². The van der Waals surface area contributed by atoms with Crippen molar-refractivity contribution in [2.24, 2.45) is 5.92 Å². The fraction of sp³-hybridized carbons (Fsp3) is 0.231. The largest absolute Gasteiger partial charge is 0.511 e. The number of allylic oxidation sites excluding steroid dienone is 1. The summed E-state index contributed by atoms with van der Waals surface area (Å²) in [4.78, 5) is 10.2. The molecule has 102 valence electrons. The number of hydrogen-bond donors (Lipinski definition) is 2. The molecule has 2 N–H and O–H groups in total. The van der Waals surface area contributed by atoms with Crippen molar-refractivity contribution in [2.75, 3.05) is 5.32 Å². The molecule has 1 fully saturated rings. The summed E-state index contributed by atoms with van der Waals surface area (Å²) in [5, 5.41) is 32.2. The molecule has 0 unspecified atom stereocenters. The van der Waals surface area contributed by atoms with Crippen molar-refractivity contribution >= 4 is 28.6 Å². The standard InChI is InChI=1S/C13H11N3O3S/c14-7-11(12(17)8-1-2-8)13(20)15-9-3-5-10(6-4-9)16(18)19/h3-6,8,17H,1-2H2,(H,15,20)/b12-11-. The van der Waals surface area contributed by atoms with Gasteiger partial charge in [0, 0.05) is 23.7 Å². The Morgan fingerprint density at radius 3 is 2.50 bits per heavy atom. The lowest BCUT2D eigenvalue weighted by Gasteiger charge is -2.08. The van der Waals surface area contributed by atoms with Crippen LogP contribution in [0.25, 0.3) is 0 Å². The summed E-state index contributed by atoms with van der Waals surface area (Å²) in [5.74, 6) is 0.0492. The highest BCUT2D eigenvalue weighted by atomic mass is 32.1. The number of nitrogens with one attached hydrogen (secondary N) is 1. The van der Waals surface area contributed by atoms with E-state index in [1.165, 1.54) is 24.3 Å². The second-order valence-corrected chi connectivity index (χ2v) is 4.81. The maximum absolute atomic E-state index is 10.5. The summed E-state index contributed by atoms with van der Waals surface area (Å²) in [7, 11) is 0. The number of nitrogens with zero attached hydrogens (tertiary/aromatic N) is 2. The third-order valence-electron chi connectivity index (χ3n) is 2.90. The molecular weight excluding hydrogens is 278 g/mol. The van der Waals surface area contributed by atoms with Gasteiger partial charge in [-0.1, -0.05) is 12.2 Å². The van der Waals surface area contributed by atoms with Crippen LogP contribution in [0.3, 0.4) is 0 Å². The van der Waals surface area contributed by atoms with E-state index >= 15 is 0 Å². The number of benzene rings is 1. The zero-order chi connectivity index (χ0) is 14.7. The lowest BCUT2D eigenvalue weighted by Crippen LogP contribution is -2.13. The van der Waals surface area contributed by atoms with Crippen molar-refractivity contribution in [2.45, 2.75) is 12.8 Å². The van der Waals surface area contributed by atoms with Crippen molar-refractivity contribution in [1.82, 2.24) is 0 Å². The predicted molar refractivity (Wildman–Crippen MR) is 77.3 cm³/mol. The van der Waals surface area contributed by atoms with Gasteiger partial charge in [-0.05, 0) is 25.0 Å². The highest BCUT2D eigenvalue weighted by Gasteiger charge is 2.29. The predicted octanol–water partition coefficient (Wildman–Crippen LogP) is 3.08. The average molecular weight is 289 g/mol. The zero-order valence-electron chi connectivity index (χ0n) is 10.4. The quantitative estimate of drug-likeness (QED) is 0.221. The number of hydrogen-bond acceptors (Lipinski definition) is 5. The van der Waals surface area contributed by atoms with E-state index in [2.05, 4.69) is 5.32 Å². The van der Waals surface area contributed by atoms with Crippen LogP contribution in [0, 0.1) is 27.4 Å². The fourth-order valence-electron chi connectivity index (χ4n) is 1.65. The van der Waals surface area contributed by atoms with Crippen LogP contribution < -0.4 is 5.32 Å². The van der Waals surface area contributed by atoms with Gasteiger partial charge in [0.2, 0.25) is 0 Å². The number of rotatable bonds is 4. The van der Waals surface area contributed by atoms with Gasteiger partial charge in [0.05, 0.1) is 4.92 Å². The van der Waals surface area contributed by atoms with E-state index in [1.807, 2.05) is 6.07 Å². The van der Waals surface area contributed by atoms with Gasteiger partial charge < -0.3 is 10.4 Å². The molecule has 1 aliphatic carbocycles. The van der Waals surface area contributed by atoms with Crippen molar-refractivity contribution in [3.8, 4) is 6.07 Å². The first kappa shape index (κ1) is 14.0. The molecule has 0 aromatic heterocycles. The van der Waals surface area contributed by atoms with Gasteiger partial charge in [0.25, 0.3) is 5.69 Å². The van der Waals surface area contributed by atoms with Crippen LogP contribution in [0.15, 0.2) is 35.6 Å². The molecule has 0 atom stereocenters. The molecule has 6 nitrogen and oxygen atoms in total. The van der Waals surface area contributed by atoms with Gasteiger partial charge in [-0.25, -0.2) is 0 Å². The molecule has 7 heteroatoms. The molecule has 0 bridgehead atoms. The molecule has 1 saturated carbocycles. The molecule has 1 aromatic rings. The first-order valence-corrected chi connectivity index (χ1v) is 6.32. The summed E-state index contributed by atoms with van der Waals surface area (Å²) >= 11 is 5.08. The van der Waals surface area contributed by atoms with Crippen LogP contribution in [-0.2, 0) is 0 Å². The van der Waals surface area contributed by atoms with Gasteiger partial charge in [0.15, 0.2) is 0 Å². The molecule has 0 spiro atoms. The summed E-state index contributed by atoms with van der Waals surface area (Å²) in [6, 6.07) is 7.55. The Hall–Kier alpha value is -2.46. The van der Waals surface area contributed by atoms with Crippen LogP contribution in [0.2, 0.25) is 0 Å². The Bertz CT molecular complexity index is 627. The number of aliphatic hydroxyl groups is 1. The molecule has 0 amide bonds. The minimum absolute atomic E-state index is 0.0203. The molecule has 1 aliphatic rings. The van der Waals surface area contributed by atoms with Gasteiger partial charge in [-0.15, -0.1) is 0 Å². The number of anilines is 1. The molecule has 2 rings (SSSR count). The molecular formula is C13H11N3O3S. The SMILES string of the molecule is N#C/C(C(=S)Nc1ccc([N+](=O)[O-])cc1)=C(/O)C1CC1. The van der Waals surface area contributed by atoms with Crippen molar-refractivity contribution in [3.63, 3.8) is 0 Å². The van der Waals surface area contributed by atoms with E-state index in [9.17, 15) is 15.2 Å². The molecule has 0 aliphatic heterocycles. The minimum atomic E-state index is -0.498. The lowest BCUT2D eigenvalue weighted by atomic mass is 10.2. The number of nitro groups is 1. The molecule has 0 radical (unpaired) electrons. The minimum Gasteiger partial charge on any atom is -0.511 e. The Kier molecular flexibility index (Phi) is 3.96. The second kappa shape index (κ2) is 5.67. The Morgan fingerprint density at radius 2 is 2.05 bits per heavy atom. The number of nitro benzene ring substituents is 1. The lowest BCUT2D eigenvalue weighted by molar-refractivity contribution is -0.384. The summed E-state index contributed by atoms with van der Waals surface area (Å²) in [6.07, 6.45) is 1.72. The van der Waals surface area contributed by atoms with Crippen LogP contribution in [-0.4, -0.2) is 15.0 Å². The normalized spacial score (nSPS) is 14.9. The van der Waals surface area contributed by atoms with E-state index in [4.69, 9.17) is 17.5 Å². The van der Waals surface area contributed by atoms with Crippen LogP contribution >= 0.6 is 12.2 Å². The number of non-ortho nitro benzene ring substituents is 1. The summed E-state index contributed by atoms with van der Waals surface area (Å²) in [6.45, 7) is 0. The molecule has 0 heterocycles. The number of aliphatic hydroxyl groups excluding tert-OH is 1. The Labute approximate surface area is 120 Å². The second-order valence-electron chi connectivity index (χ2n) is 4.40. The third-order valence-corrected chi connectivity index (χ3v) is 3.20. The van der Waals surface area contributed by atoms with Gasteiger partial charge in [-0.3, -0.25) is 10.1 Å². The fourth-order valence-corrected chi connectivity index (χ4v) is 1.91. The van der Waals surface area contributed by atoms with E-state index in [-0.39, 0.29) is 27.9 Å². The molecule has 0 saturated heterocycles. The number of thiocarbonyl (C=S) groups is 1. The van der Waals surface area contributed by atoms with E-state index in [0.717, 1.165) is 12.8 Å². The van der Waals surface area contributed by atoms with Crippen LogP contribution in [0.5, 0.6) is 0 Å². The maximum Gasteiger partial charge on any atom is 0.269 e. The van der Waals surface area contributed by atoms with Crippen LogP contribution in [0.4, 0.5) is 11.4 Å². The Balaban J connectivity index is 2.13. The van der Waals surface area contributed by atoms with Crippen LogP contribution in [0.1, 0.15) is 12.8 Å². The molecule has 20 heavy (non-hydrogen) atoms. The van der Waals surface area contributed by atoms with Crippen molar-refractivity contribution < 1.29 is 10.0 Å². The zero-order valence-corrected chi connectivity index (χ0v) is 11.2. The van der Waals surface area contributed by atoms with Gasteiger partial charge in [-0.2, -0.15) is 5.26 Å². The third kappa shape index (κ3) is 3.10. The number of nitriles is 1. The first-order valence-electron chi connectivity index (χ1n) is 5.92. The highest BCUT2D eigenvalue weighted by molar-refractivity contribution is 7.81. The van der Waals surface area contributed by atoms with E-state index in [0.29, 0.717) is 5.69 Å². The topological polar surface area (TPSA) is 99.2 Å². The molecule has 1 aromatic carbocycles. The van der Waals surface area contributed by atoms with Crippen molar-refractivity contribution in [1.29, 1.82) is 5.26 Å². The van der Waals surface area contributed by atoms with Gasteiger partial charge >= 0.3 is 0 Å². The maximum atomic E-state index is 10.5. The van der Waals surface area contributed by atoms with E-state index < -0.39 is 4.92 Å². The average Bonchev–Trinajstić information content (AvgIpc) is 3.24. The smallest absolute Gasteiger partial charge is 0.269 e. The first-order chi connectivity index (χ1) is 9.52.